The average molecular weight is 221 g/mol. The standard InChI is InChI=1S/C9H7N3O2S/c10-9-6-3-1-2-4-7(6)11-5-8(9)15-12(13)14/h1-5H,(H2,10,11). The van der Waals surface area contributed by atoms with Crippen LogP contribution >= 0.6 is 11.9 Å². The molecule has 76 valence electrons. The van der Waals surface area contributed by atoms with Crippen LogP contribution < -0.4 is 5.73 Å². The van der Waals surface area contributed by atoms with Gasteiger partial charge in [-0.1, -0.05) is 18.2 Å². The van der Waals surface area contributed by atoms with Crippen molar-refractivity contribution in [1.82, 2.24) is 4.98 Å². The van der Waals surface area contributed by atoms with Crippen LogP contribution in [0.4, 0.5) is 5.69 Å². The number of nitrogen functional groups attached to an aromatic ring is 1. The molecule has 0 aliphatic rings. The highest BCUT2D eigenvalue weighted by Gasteiger charge is 2.12. The number of para-hydroxylation sites is 1. The fourth-order valence-electron chi connectivity index (χ4n) is 1.30. The smallest absolute Gasteiger partial charge is 0.269 e. The molecule has 0 aliphatic carbocycles. The maximum absolute atomic E-state index is 10.3. The lowest BCUT2D eigenvalue weighted by Crippen LogP contribution is -1.94. The molecule has 1 aromatic heterocycles. The van der Waals surface area contributed by atoms with E-state index in [1.807, 2.05) is 18.2 Å². The molecule has 0 saturated heterocycles. The van der Waals surface area contributed by atoms with Gasteiger partial charge in [0.25, 0.3) is 11.9 Å². The highest BCUT2D eigenvalue weighted by atomic mass is 32.2. The number of rotatable bonds is 2. The van der Waals surface area contributed by atoms with Crippen molar-refractivity contribution in [2.75, 3.05) is 5.73 Å². The van der Waals surface area contributed by atoms with E-state index in [-0.39, 0.29) is 0 Å². The second-order valence-corrected chi connectivity index (χ2v) is 3.79. The van der Waals surface area contributed by atoms with Crippen molar-refractivity contribution in [1.29, 1.82) is 0 Å². The summed E-state index contributed by atoms with van der Waals surface area (Å²) in [4.78, 5) is 14.8. The molecule has 0 aliphatic heterocycles. The van der Waals surface area contributed by atoms with Crippen LogP contribution in [0.25, 0.3) is 10.9 Å². The molecule has 6 heteroatoms. The van der Waals surface area contributed by atoms with Gasteiger partial charge in [0.2, 0.25) is 0 Å². The van der Waals surface area contributed by atoms with Crippen LogP contribution in [0.1, 0.15) is 0 Å². The zero-order chi connectivity index (χ0) is 10.8. The van der Waals surface area contributed by atoms with E-state index in [9.17, 15) is 10.1 Å². The van der Waals surface area contributed by atoms with Crippen molar-refractivity contribution in [3.05, 3.63) is 40.6 Å². The van der Waals surface area contributed by atoms with E-state index in [1.54, 1.807) is 6.07 Å². The van der Waals surface area contributed by atoms with E-state index in [2.05, 4.69) is 4.98 Å². The summed E-state index contributed by atoms with van der Waals surface area (Å²) in [5, 5.41) is 11.1. The minimum atomic E-state index is -0.498. The fraction of sp³-hybridized carbons (Fsp3) is 0. The highest BCUT2D eigenvalue weighted by Crippen LogP contribution is 2.30. The predicted octanol–water partition coefficient (Wildman–Crippen LogP) is 2.10. The second kappa shape index (κ2) is 3.74. The van der Waals surface area contributed by atoms with Crippen LogP contribution in [0.5, 0.6) is 0 Å². The van der Waals surface area contributed by atoms with E-state index < -0.39 is 4.33 Å². The molecule has 0 saturated carbocycles. The van der Waals surface area contributed by atoms with Crippen LogP contribution in [-0.2, 0) is 0 Å². The number of benzene rings is 1. The van der Waals surface area contributed by atoms with Gasteiger partial charge in [-0.15, -0.1) is 0 Å². The van der Waals surface area contributed by atoms with Gasteiger partial charge in [-0.3, -0.25) is 15.1 Å². The molecule has 0 fully saturated rings. The summed E-state index contributed by atoms with van der Waals surface area (Å²) in [5.74, 6) is 0. The fourth-order valence-corrected chi connectivity index (χ4v) is 1.77. The van der Waals surface area contributed by atoms with Crippen molar-refractivity contribution < 1.29 is 4.33 Å². The Morgan fingerprint density at radius 2 is 2.13 bits per heavy atom. The number of anilines is 1. The van der Waals surface area contributed by atoms with Gasteiger partial charge >= 0.3 is 0 Å². The first kappa shape index (κ1) is 9.72. The molecule has 5 nitrogen and oxygen atoms in total. The van der Waals surface area contributed by atoms with Gasteiger partial charge in [-0.2, -0.15) is 0 Å². The molecule has 1 aromatic carbocycles. The van der Waals surface area contributed by atoms with Crippen molar-refractivity contribution in [3.8, 4) is 0 Å². The molecule has 0 unspecified atom stereocenters. The Kier molecular flexibility index (Phi) is 2.42. The molecule has 2 rings (SSSR count). The Bertz CT molecular complexity index is 530. The molecule has 1 heterocycles. The van der Waals surface area contributed by atoms with Gasteiger partial charge < -0.3 is 5.73 Å². The molecule has 0 radical (unpaired) electrons. The Morgan fingerprint density at radius 3 is 2.87 bits per heavy atom. The molecule has 0 atom stereocenters. The van der Waals surface area contributed by atoms with Gasteiger partial charge in [0, 0.05) is 11.6 Å². The van der Waals surface area contributed by atoms with Gasteiger partial charge in [0.15, 0.2) is 0 Å². The zero-order valence-corrected chi connectivity index (χ0v) is 8.40. The first-order valence-electron chi connectivity index (χ1n) is 4.14. The van der Waals surface area contributed by atoms with Crippen LogP contribution in [0.3, 0.4) is 0 Å². The highest BCUT2D eigenvalue weighted by molar-refractivity contribution is 7.93. The number of nitrogens with two attached hydrogens (primary N) is 1. The van der Waals surface area contributed by atoms with Crippen molar-refractivity contribution in [2.45, 2.75) is 4.90 Å². The number of nitrogens with zero attached hydrogens (tertiary/aromatic N) is 2. The van der Waals surface area contributed by atoms with Crippen molar-refractivity contribution in [2.24, 2.45) is 0 Å². The number of fused-ring (bicyclic) bond motifs is 1. The minimum absolute atomic E-state index is 0.374. The molecule has 2 N–H and O–H groups in total. The monoisotopic (exact) mass is 221 g/mol. The first-order chi connectivity index (χ1) is 7.18. The van der Waals surface area contributed by atoms with E-state index >= 15 is 0 Å². The molecular formula is C9H7N3O2S. The predicted molar refractivity (Wildman–Crippen MR) is 59.0 cm³/mol. The summed E-state index contributed by atoms with van der Waals surface area (Å²) in [5.41, 5.74) is 6.95. The third-order valence-corrected chi connectivity index (χ3v) is 2.62. The number of hydrogen-bond acceptors (Lipinski definition) is 5. The third kappa shape index (κ3) is 1.84. The van der Waals surface area contributed by atoms with E-state index in [1.165, 1.54) is 6.20 Å². The zero-order valence-electron chi connectivity index (χ0n) is 7.58. The van der Waals surface area contributed by atoms with Crippen LogP contribution in [0.15, 0.2) is 35.4 Å². The van der Waals surface area contributed by atoms with Crippen molar-refractivity contribution in [3.63, 3.8) is 0 Å². The number of pyridine rings is 1. The summed E-state index contributed by atoms with van der Waals surface area (Å²) in [6, 6.07) is 7.27. The number of nitro groups is 1. The summed E-state index contributed by atoms with van der Waals surface area (Å²) >= 11 is 0.475. The average Bonchev–Trinajstić information content (AvgIpc) is 2.22. The van der Waals surface area contributed by atoms with Crippen molar-refractivity contribution >= 4 is 28.5 Å². The summed E-state index contributed by atoms with van der Waals surface area (Å²) < 4.78 is -0.498. The largest absolute Gasteiger partial charge is 0.397 e. The number of aromatic nitrogens is 1. The van der Waals surface area contributed by atoms with Crippen LogP contribution in [0.2, 0.25) is 0 Å². The summed E-state index contributed by atoms with van der Waals surface area (Å²) in [6.07, 6.45) is 1.42. The van der Waals surface area contributed by atoms with Crippen LogP contribution in [0, 0.1) is 10.1 Å². The Labute approximate surface area is 89.6 Å². The van der Waals surface area contributed by atoms with Gasteiger partial charge in [-0.05, 0) is 6.07 Å². The van der Waals surface area contributed by atoms with Gasteiger partial charge in [-0.25, -0.2) is 0 Å². The molecule has 2 aromatic rings. The maximum Gasteiger partial charge on any atom is 0.269 e. The SMILES string of the molecule is Nc1c(S[N+](=O)[O-])cnc2ccccc12. The molecule has 0 amide bonds. The van der Waals surface area contributed by atoms with E-state index in [0.717, 1.165) is 10.9 Å². The molecular weight excluding hydrogens is 214 g/mol. The van der Waals surface area contributed by atoms with Crippen LogP contribution in [-0.4, -0.2) is 9.31 Å². The Morgan fingerprint density at radius 1 is 1.40 bits per heavy atom. The van der Waals surface area contributed by atoms with Gasteiger partial charge in [0.05, 0.1) is 11.2 Å². The Hall–Kier alpha value is -1.82. The summed E-state index contributed by atoms with van der Waals surface area (Å²) in [6.45, 7) is 0. The quantitative estimate of drug-likeness (QED) is 0.477. The summed E-state index contributed by atoms with van der Waals surface area (Å²) in [7, 11) is 0. The molecule has 15 heavy (non-hydrogen) atoms. The maximum atomic E-state index is 10.3. The van der Waals surface area contributed by atoms with Gasteiger partial charge in [0.1, 0.15) is 9.22 Å². The Balaban J connectivity index is 2.59. The normalized spacial score (nSPS) is 10.4. The molecule has 0 bridgehead atoms. The first-order valence-corrected chi connectivity index (χ1v) is 4.91. The second-order valence-electron chi connectivity index (χ2n) is 2.87. The molecule has 0 spiro atoms. The van der Waals surface area contributed by atoms with E-state index in [4.69, 9.17) is 5.73 Å². The number of hydrogen-bond donors (Lipinski definition) is 1. The third-order valence-electron chi connectivity index (χ3n) is 1.95. The minimum Gasteiger partial charge on any atom is -0.397 e. The lowest BCUT2D eigenvalue weighted by Gasteiger charge is -2.02. The lowest BCUT2D eigenvalue weighted by molar-refractivity contribution is -0.284. The lowest BCUT2D eigenvalue weighted by atomic mass is 10.2. The topological polar surface area (TPSA) is 82.0 Å². The van der Waals surface area contributed by atoms with E-state index in [0.29, 0.717) is 22.5 Å².